The number of hydrogen-bond acceptors (Lipinski definition) is 5. The van der Waals surface area contributed by atoms with Crippen LogP contribution in [0.25, 0.3) is 0 Å². The molecule has 0 saturated heterocycles. The lowest BCUT2D eigenvalue weighted by Gasteiger charge is -2.15. The van der Waals surface area contributed by atoms with Crippen molar-refractivity contribution in [3.05, 3.63) is 80.8 Å². The molecule has 0 aliphatic carbocycles. The first-order valence-corrected chi connectivity index (χ1v) is 12.7. The summed E-state index contributed by atoms with van der Waals surface area (Å²) in [6.45, 7) is 6.60. The van der Waals surface area contributed by atoms with Gasteiger partial charge in [0.2, 0.25) is 5.91 Å². The molecule has 0 bridgehead atoms. The number of nitrogens with zero attached hydrogens (tertiary/aromatic N) is 2. The van der Waals surface area contributed by atoms with E-state index < -0.39 is 0 Å². The second kappa shape index (κ2) is 9.96. The monoisotopic (exact) mass is 465 g/mol. The topological polar surface area (TPSA) is 64.0 Å². The lowest BCUT2D eigenvalue weighted by atomic mass is 10.1. The normalized spacial score (nSPS) is 12.6. The van der Waals surface area contributed by atoms with Crippen LogP contribution < -0.4 is 10.9 Å². The maximum absolute atomic E-state index is 13.1. The third kappa shape index (κ3) is 5.10. The van der Waals surface area contributed by atoms with Gasteiger partial charge in [-0.25, -0.2) is 4.98 Å². The van der Waals surface area contributed by atoms with E-state index in [4.69, 9.17) is 4.98 Å². The lowest BCUT2D eigenvalue weighted by Crippen LogP contribution is -2.27. The van der Waals surface area contributed by atoms with Crippen molar-refractivity contribution in [3.8, 4) is 0 Å². The molecule has 0 radical (unpaired) electrons. The van der Waals surface area contributed by atoms with Gasteiger partial charge in [0.1, 0.15) is 0 Å². The van der Waals surface area contributed by atoms with E-state index >= 15 is 0 Å². The Balaban J connectivity index is 1.52. The molecule has 0 fully saturated rings. The first kappa shape index (κ1) is 22.7. The van der Waals surface area contributed by atoms with Gasteiger partial charge in [-0.05, 0) is 43.9 Å². The van der Waals surface area contributed by atoms with Crippen molar-refractivity contribution in [1.29, 1.82) is 0 Å². The first-order chi connectivity index (χ1) is 15.4. The molecule has 1 aliphatic rings. The summed E-state index contributed by atoms with van der Waals surface area (Å²) in [6, 6.07) is 14.3. The SMILES string of the molecule is Cc1cc(C)c(NC(=O)CSc2nc3c(c(=O)n2CCc2ccccc2)SCC3)c(C)c1. The van der Waals surface area contributed by atoms with Gasteiger partial charge in [0, 0.05) is 24.4 Å². The molecule has 1 aromatic heterocycles. The predicted molar refractivity (Wildman–Crippen MR) is 133 cm³/mol. The van der Waals surface area contributed by atoms with Gasteiger partial charge in [0.15, 0.2) is 5.16 Å². The number of aromatic nitrogens is 2. The molecule has 4 rings (SSSR count). The van der Waals surface area contributed by atoms with Crippen LogP contribution in [0.1, 0.15) is 27.9 Å². The summed E-state index contributed by atoms with van der Waals surface area (Å²) in [7, 11) is 0. The summed E-state index contributed by atoms with van der Waals surface area (Å²) in [5.74, 6) is 0.997. The van der Waals surface area contributed by atoms with Crippen LogP contribution >= 0.6 is 23.5 Å². The molecule has 166 valence electrons. The third-order valence-electron chi connectivity index (χ3n) is 5.49. The molecule has 1 N–H and O–H groups in total. The molecule has 0 atom stereocenters. The molecule has 7 heteroatoms. The first-order valence-electron chi connectivity index (χ1n) is 10.7. The Hall–Kier alpha value is -2.51. The number of carbonyl (C=O) groups is 1. The van der Waals surface area contributed by atoms with Crippen molar-refractivity contribution < 1.29 is 4.79 Å². The number of rotatable bonds is 7. The number of benzene rings is 2. The Morgan fingerprint density at radius 2 is 1.88 bits per heavy atom. The smallest absolute Gasteiger partial charge is 0.268 e. The second-order valence-electron chi connectivity index (χ2n) is 8.07. The Labute approximate surface area is 197 Å². The summed E-state index contributed by atoms with van der Waals surface area (Å²) in [6.07, 6.45) is 1.55. The Bertz CT molecular complexity index is 1180. The van der Waals surface area contributed by atoms with E-state index in [2.05, 4.69) is 29.6 Å². The van der Waals surface area contributed by atoms with Crippen LogP contribution in [0.4, 0.5) is 5.69 Å². The highest BCUT2D eigenvalue weighted by molar-refractivity contribution is 8.00. The number of carbonyl (C=O) groups excluding carboxylic acids is 1. The van der Waals surface area contributed by atoms with Crippen LogP contribution in [0.15, 0.2) is 57.3 Å². The van der Waals surface area contributed by atoms with Gasteiger partial charge in [0.25, 0.3) is 5.56 Å². The number of hydrogen-bond donors (Lipinski definition) is 1. The van der Waals surface area contributed by atoms with Crippen molar-refractivity contribution in [2.45, 2.75) is 50.2 Å². The summed E-state index contributed by atoms with van der Waals surface area (Å²) >= 11 is 2.92. The van der Waals surface area contributed by atoms with Gasteiger partial charge in [-0.1, -0.05) is 59.8 Å². The maximum Gasteiger partial charge on any atom is 0.268 e. The van der Waals surface area contributed by atoms with Crippen LogP contribution in [-0.4, -0.2) is 27.0 Å². The van der Waals surface area contributed by atoms with Gasteiger partial charge in [-0.15, -0.1) is 11.8 Å². The summed E-state index contributed by atoms with van der Waals surface area (Å²) in [5, 5.41) is 3.67. The van der Waals surface area contributed by atoms with Gasteiger partial charge in [-0.2, -0.15) is 0 Å². The fraction of sp³-hybridized carbons (Fsp3) is 0.320. The molecular formula is C25H27N3O2S2. The number of fused-ring (bicyclic) bond motifs is 1. The summed E-state index contributed by atoms with van der Waals surface area (Å²) in [4.78, 5) is 31.4. The second-order valence-corrected chi connectivity index (χ2v) is 10.1. The minimum Gasteiger partial charge on any atom is -0.325 e. The van der Waals surface area contributed by atoms with Crippen molar-refractivity contribution >= 4 is 35.1 Å². The van der Waals surface area contributed by atoms with Crippen molar-refractivity contribution in [2.75, 3.05) is 16.8 Å². The molecule has 32 heavy (non-hydrogen) atoms. The van der Waals surface area contributed by atoms with Crippen molar-refractivity contribution in [1.82, 2.24) is 9.55 Å². The van der Waals surface area contributed by atoms with E-state index in [0.717, 1.165) is 46.0 Å². The van der Waals surface area contributed by atoms with Gasteiger partial charge in [0.05, 0.1) is 16.3 Å². The molecule has 0 saturated carbocycles. The fourth-order valence-electron chi connectivity index (χ4n) is 4.00. The average Bonchev–Trinajstić information content (AvgIpc) is 3.24. The van der Waals surface area contributed by atoms with Crippen LogP contribution in [0.5, 0.6) is 0 Å². The van der Waals surface area contributed by atoms with E-state index in [1.54, 1.807) is 16.3 Å². The third-order valence-corrected chi connectivity index (χ3v) is 7.57. The van der Waals surface area contributed by atoms with Crippen molar-refractivity contribution in [3.63, 3.8) is 0 Å². The van der Waals surface area contributed by atoms with Gasteiger partial charge < -0.3 is 5.32 Å². The van der Waals surface area contributed by atoms with Gasteiger partial charge in [-0.3, -0.25) is 14.2 Å². The fourth-order valence-corrected chi connectivity index (χ4v) is 5.88. The summed E-state index contributed by atoms with van der Waals surface area (Å²) < 4.78 is 1.74. The Kier molecular flexibility index (Phi) is 7.06. The molecule has 2 aromatic carbocycles. The van der Waals surface area contributed by atoms with Crippen LogP contribution in [0.3, 0.4) is 0 Å². The number of thioether (sulfide) groups is 2. The highest BCUT2D eigenvalue weighted by Gasteiger charge is 2.22. The summed E-state index contributed by atoms with van der Waals surface area (Å²) in [5.41, 5.74) is 6.19. The zero-order valence-corrected chi connectivity index (χ0v) is 20.2. The maximum atomic E-state index is 13.1. The van der Waals surface area contributed by atoms with Crippen LogP contribution in [0.2, 0.25) is 0 Å². The van der Waals surface area contributed by atoms with Crippen LogP contribution in [0, 0.1) is 20.8 Å². The predicted octanol–water partition coefficient (Wildman–Crippen LogP) is 4.79. The number of anilines is 1. The molecule has 0 spiro atoms. The molecule has 3 aromatic rings. The minimum atomic E-state index is -0.0937. The van der Waals surface area contributed by atoms with E-state index in [0.29, 0.717) is 11.7 Å². The zero-order valence-electron chi connectivity index (χ0n) is 18.6. The molecule has 5 nitrogen and oxygen atoms in total. The quantitative estimate of drug-likeness (QED) is 0.401. The van der Waals surface area contributed by atoms with Gasteiger partial charge >= 0.3 is 0 Å². The molecule has 1 amide bonds. The zero-order chi connectivity index (χ0) is 22.7. The number of nitrogens with one attached hydrogen (secondary N) is 1. The largest absolute Gasteiger partial charge is 0.325 e. The van der Waals surface area contributed by atoms with E-state index in [9.17, 15) is 9.59 Å². The highest BCUT2D eigenvalue weighted by atomic mass is 32.2. The minimum absolute atomic E-state index is 0.0153. The van der Waals surface area contributed by atoms with Crippen molar-refractivity contribution in [2.24, 2.45) is 0 Å². The molecular weight excluding hydrogens is 438 g/mol. The van der Waals surface area contributed by atoms with Crippen LogP contribution in [-0.2, 0) is 24.2 Å². The average molecular weight is 466 g/mol. The van der Waals surface area contributed by atoms with E-state index in [-0.39, 0.29) is 17.2 Å². The molecule has 2 heterocycles. The lowest BCUT2D eigenvalue weighted by molar-refractivity contribution is -0.113. The Morgan fingerprint density at radius 3 is 2.59 bits per heavy atom. The molecule has 1 aliphatic heterocycles. The highest BCUT2D eigenvalue weighted by Crippen LogP contribution is 2.29. The number of amides is 1. The number of aryl methyl sites for hydroxylation is 5. The van der Waals surface area contributed by atoms with E-state index in [1.807, 2.05) is 39.0 Å². The molecule has 0 unspecified atom stereocenters. The Morgan fingerprint density at radius 1 is 1.16 bits per heavy atom. The van der Waals surface area contributed by atoms with E-state index in [1.165, 1.54) is 22.9 Å². The standard InChI is InChI=1S/C25H27N3O2S2/c1-16-13-17(2)22(18(3)14-16)27-21(29)15-32-25-26-20-10-12-31-23(20)24(30)28(25)11-9-19-7-5-4-6-8-19/h4-8,13-14H,9-12,15H2,1-3H3,(H,27,29).